The third-order valence-corrected chi connectivity index (χ3v) is 3.66. The number of rotatable bonds is 5. The number of hydrogen-bond acceptors (Lipinski definition) is 3. The highest BCUT2D eigenvalue weighted by Gasteiger charge is 2.18. The number of likely N-dealkylation sites (N-methyl/N-ethyl adjacent to an activating group) is 1. The van der Waals surface area contributed by atoms with E-state index in [1.807, 2.05) is 50.1 Å². The molecule has 1 heterocycles. The highest BCUT2D eigenvalue weighted by Crippen LogP contribution is 2.17. The molecule has 0 bridgehead atoms. The summed E-state index contributed by atoms with van der Waals surface area (Å²) < 4.78 is 2.05. The van der Waals surface area contributed by atoms with Crippen LogP contribution in [0.4, 0.5) is 0 Å². The molecule has 0 saturated heterocycles. The van der Waals surface area contributed by atoms with Crippen molar-refractivity contribution < 1.29 is 4.79 Å². The van der Waals surface area contributed by atoms with Crippen molar-refractivity contribution in [2.75, 3.05) is 20.6 Å². The van der Waals surface area contributed by atoms with E-state index in [4.69, 9.17) is 5.26 Å². The molecule has 0 radical (unpaired) electrons. The topological polar surface area (TPSA) is 61.1 Å². The first kappa shape index (κ1) is 15.8. The molecule has 2 rings (SSSR count). The smallest absolute Gasteiger partial charge is 0.251 e. The Kier molecular flexibility index (Phi) is 4.97. The first-order valence-electron chi connectivity index (χ1n) is 7.09. The van der Waals surface area contributed by atoms with Crippen molar-refractivity contribution in [2.24, 2.45) is 7.05 Å². The molecule has 0 aliphatic rings. The number of aryl methyl sites for hydroxylation is 1. The molecule has 0 aliphatic carbocycles. The first-order chi connectivity index (χ1) is 10.5. The van der Waals surface area contributed by atoms with Gasteiger partial charge < -0.3 is 9.88 Å². The Morgan fingerprint density at radius 1 is 1.36 bits per heavy atom. The van der Waals surface area contributed by atoms with Gasteiger partial charge in [-0.15, -0.1) is 0 Å². The number of nitrogens with one attached hydrogen (secondary N) is 1. The molecule has 1 aromatic heterocycles. The lowest BCUT2D eigenvalue weighted by Gasteiger charge is -2.25. The summed E-state index contributed by atoms with van der Waals surface area (Å²) in [5.74, 6) is -0.168. The molecule has 114 valence electrons. The molecule has 0 unspecified atom stereocenters. The molecule has 2 aromatic rings. The van der Waals surface area contributed by atoms with Crippen molar-refractivity contribution in [2.45, 2.75) is 6.04 Å². The van der Waals surface area contributed by atoms with E-state index in [0.717, 1.165) is 5.69 Å². The van der Waals surface area contributed by atoms with Gasteiger partial charge >= 0.3 is 0 Å². The number of carbonyl (C=O) groups is 1. The van der Waals surface area contributed by atoms with E-state index in [1.165, 1.54) is 0 Å². The molecule has 1 atom stereocenters. The van der Waals surface area contributed by atoms with E-state index < -0.39 is 0 Å². The molecule has 1 aromatic carbocycles. The molecule has 0 fully saturated rings. The molecule has 1 amide bonds. The van der Waals surface area contributed by atoms with Crippen molar-refractivity contribution in [1.29, 1.82) is 5.26 Å². The third kappa shape index (κ3) is 3.54. The van der Waals surface area contributed by atoms with Gasteiger partial charge in [-0.05, 0) is 44.4 Å². The summed E-state index contributed by atoms with van der Waals surface area (Å²) in [5, 5.41) is 11.8. The van der Waals surface area contributed by atoms with Crippen LogP contribution in [0.1, 0.15) is 27.7 Å². The van der Waals surface area contributed by atoms with E-state index in [9.17, 15) is 4.79 Å². The largest absolute Gasteiger partial charge is 0.353 e. The zero-order valence-electron chi connectivity index (χ0n) is 13.1. The minimum Gasteiger partial charge on any atom is -0.353 e. The monoisotopic (exact) mass is 296 g/mol. The van der Waals surface area contributed by atoms with Crippen molar-refractivity contribution in [3.8, 4) is 6.07 Å². The molecule has 1 N–H and O–H groups in total. The van der Waals surface area contributed by atoms with Crippen LogP contribution in [-0.2, 0) is 7.05 Å². The summed E-state index contributed by atoms with van der Waals surface area (Å²) in [6, 6.07) is 12.9. The second-order valence-electron chi connectivity index (χ2n) is 5.43. The van der Waals surface area contributed by atoms with Crippen LogP contribution in [0.2, 0.25) is 0 Å². The van der Waals surface area contributed by atoms with Crippen LogP contribution in [-0.4, -0.2) is 36.0 Å². The van der Waals surface area contributed by atoms with Gasteiger partial charge in [0.25, 0.3) is 5.91 Å². The second kappa shape index (κ2) is 6.92. The van der Waals surface area contributed by atoms with Crippen LogP contribution in [0.5, 0.6) is 0 Å². The number of amides is 1. The Morgan fingerprint density at radius 3 is 2.73 bits per heavy atom. The molecule has 5 nitrogen and oxygen atoms in total. The van der Waals surface area contributed by atoms with Gasteiger partial charge in [0, 0.05) is 31.0 Å². The van der Waals surface area contributed by atoms with Crippen LogP contribution in [0.3, 0.4) is 0 Å². The maximum atomic E-state index is 12.2. The van der Waals surface area contributed by atoms with Crippen LogP contribution < -0.4 is 5.32 Å². The molecular weight excluding hydrogens is 276 g/mol. The quantitative estimate of drug-likeness (QED) is 0.917. The summed E-state index contributed by atoms with van der Waals surface area (Å²) in [4.78, 5) is 14.3. The Balaban J connectivity index is 2.08. The SMILES string of the molecule is CN(C)[C@H](CNC(=O)c1cccc(C#N)c1)c1cccn1C. The van der Waals surface area contributed by atoms with Gasteiger partial charge in [0.05, 0.1) is 17.7 Å². The Hall–Kier alpha value is -2.58. The fraction of sp³-hybridized carbons (Fsp3) is 0.294. The van der Waals surface area contributed by atoms with E-state index >= 15 is 0 Å². The maximum Gasteiger partial charge on any atom is 0.251 e. The Morgan fingerprint density at radius 2 is 2.14 bits per heavy atom. The lowest BCUT2D eigenvalue weighted by molar-refractivity contribution is 0.0941. The van der Waals surface area contributed by atoms with E-state index in [2.05, 4.69) is 10.2 Å². The standard InChI is InChI=1S/C17H20N4O/c1-20(2)16(15-8-5-9-21(15)3)12-19-17(22)14-7-4-6-13(10-14)11-18/h4-10,16H,12H2,1-3H3,(H,19,22)/t16-/m1/s1. The van der Waals surface area contributed by atoms with Gasteiger partial charge in [0.2, 0.25) is 0 Å². The zero-order chi connectivity index (χ0) is 16.1. The predicted octanol–water partition coefficient (Wildman–Crippen LogP) is 1.93. The van der Waals surface area contributed by atoms with Crippen LogP contribution in [0.15, 0.2) is 42.6 Å². The number of nitriles is 1. The normalized spacial score (nSPS) is 12.0. The maximum absolute atomic E-state index is 12.2. The lowest BCUT2D eigenvalue weighted by atomic mass is 10.1. The average molecular weight is 296 g/mol. The Labute approximate surface area is 130 Å². The fourth-order valence-electron chi connectivity index (χ4n) is 2.39. The lowest BCUT2D eigenvalue weighted by Crippen LogP contribution is -2.35. The van der Waals surface area contributed by atoms with E-state index in [0.29, 0.717) is 17.7 Å². The summed E-state index contributed by atoms with van der Waals surface area (Å²) in [5.41, 5.74) is 2.12. The van der Waals surface area contributed by atoms with Gasteiger partial charge in [-0.2, -0.15) is 5.26 Å². The van der Waals surface area contributed by atoms with E-state index in [-0.39, 0.29) is 11.9 Å². The number of carbonyl (C=O) groups excluding carboxylic acids is 1. The number of aromatic nitrogens is 1. The van der Waals surface area contributed by atoms with Crippen molar-refractivity contribution in [3.05, 3.63) is 59.4 Å². The summed E-state index contributed by atoms with van der Waals surface area (Å²) in [7, 11) is 5.96. The minimum absolute atomic E-state index is 0.0862. The van der Waals surface area contributed by atoms with Gasteiger partial charge in [-0.25, -0.2) is 0 Å². The minimum atomic E-state index is -0.168. The third-order valence-electron chi connectivity index (χ3n) is 3.66. The summed E-state index contributed by atoms with van der Waals surface area (Å²) >= 11 is 0. The summed E-state index contributed by atoms with van der Waals surface area (Å²) in [6.07, 6.45) is 1.99. The predicted molar refractivity (Wildman–Crippen MR) is 85.3 cm³/mol. The van der Waals surface area contributed by atoms with Gasteiger partial charge in [0.15, 0.2) is 0 Å². The van der Waals surface area contributed by atoms with Crippen molar-refractivity contribution in [1.82, 2.24) is 14.8 Å². The van der Waals surface area contributed by atoms with Gasteiger partial charge in [-0.3, -0.25) is 9.69 Å². The van der Waals surface area contributed by atoms with Gasteiger partial charge in [-0.1, -0.05) is 6.07 Å². The zero-order valence-corrected chi connectivity index (χ0v) is 13.1. The highest BCUT2D eigenvalue weighted by molar-refractivity contribution is 5.94. The van der Waals surface area contributed by atoms with Crippen molar-refractivity contribution in [3.63, 3.8) is 0 Å². The molecule has 22 heavy (non-hydrogen) atoms. The van der Waals surface area contributed by atoms with Gasteiger partial charge in [0.1, 0.15) is 0 Å². The molecule has 0 aliphatic heterocycles. The first-order valence-corrected chi connectivity index (χ1v) is 7.09. The number of nitrogens with zero attached hydrogens (tertiary/aromatic N) is 3. The van der Waals surface area contributed by atoms with E-state index in [1.54, 1.807) is 24.3 Å². The van der Waals surface area contributed by atoms with Crippen LogP contribution >= 0.6 is 0 Å². The molecule has 0 spiro atoms. The summed E-state index contributed by atoms with van der Waals surface area (Å²) in [6.45, 7) is 0.500. The molecule has 5 heteroatoms. The number of benzene rings is 1. The molecular formula is C17H20N4O. The number of hydrogen-bond donors (Lipinski definition) is 1. The average Bonchev–Trinajstić information content (AvgIpc) is 2.93. The van der Waals surface area contributed by atoms with Crippen LogP contribution in [0, 0.1) is 11.3 Å². The Bertz CT molecular complexity index is 697. The highest BCUT2D eigenvalue weighted by atomic mass is 16.1. The van der Waals surface area contributed by atoms with Crippen molar-refractivity contribution >= 4 is 5.91 Å². The molecule has 0 saturated carbocycles. The second-order valence-corrected chi connectivity index (χ2v) is 5.43. The fourth-order valence-corrected chi connectivity index (χ4v) is 2.39. The van der Waals surface area contributed by atoms with Crippen LogP contribution in [0.25, 0.3) is 0 Å².